The summed E-state index contributed by atoms with van der Waals surface area (Å²) in [5.74, 6) is -1.06. The summed E-state index contributed by atoms with van der Waals surface area (Å²) in [5.41, 5.74) is 1.38. The summed E-state index contributed by atoms with van der Waals surface area (Å²) in [5, 5.41) is 16.7. The van der Waals surface area contributed by atoms with E-state index in [-0.39, 0.29) is 16.8 Å². The number of H-pyrrole nitrogens is 1. The van der Waals surface area contributed by atoms with Gasteiger partial charge >= 0.3 is 5.69 Å². The second-order valence-electron chi connectivity index (χ2n) is 7.46. The van der Waals surface area contributed by atoms with E-state index in [1.165, 1.54) is 17.2 Å². The molecule has 0 spiro atoms. The van der Waals surface area contributed by atoms with Crippen molar-refractivity contribution in [1.29, 1.82) is 0 Å². The second kappa shape index (κ2) is 7.97. The van der Waals surface area contributed by atoms with E-state index >= 15 is 0 Å². The van der Waals surface area contributed by atoms with Crippen LogP contribution in [0.2, 0.25) is 5.02 Å². The number of aryl methyl sites for hydroxylation is 2. The lowest BCUT2D eigenvalue weighted by molar-refractivity contribution is -0.114. The minimum Gasteiger partial charge on any atom is -0.494 e. The van der Waals surface area contributed by atoms with Crippen LogP contribution in [0.4, 0.5) is 5.69 Å². The van der Waals surface area contributed by atoms with E-state index in [4.69, 9.17) is 11.6 Å². The molecule has 0 radical (unpaired) electrons. The van der Waals surface area contributed by atoms with Crippen LogP contribution in [0.3, 0.4) is 0 Å². The number of hydrazone groups is 1. The second-order valence-corrected chi connectivity index (χ2v) is 7.90. The molecular weight excluding hydrogens is 432 g/mol. The van der Waals surface area contributed by atoms with Crippen LogP contribution in [0.1, 0.15) is 23.6 Å². The molecule has 2 heterocycles. The quantitative estimate of drug-likeness (QED) is 0.597. The van der Waals surface area contributed by atoms with Gasteiger partial charge in [-0.3, -0.25) is 14.6 Å². The number of halogens is 1. The van der Waals surface area contributed by atoms with Crippen LogP contribution < -0.4 is 16.3 Å². The Morgan fingerprint density at radius 1 is 1.06 bits per heavy atom. The molecule has 0 bridgehead atoms. The molecule has 0 unspecified atom stereocenters. The topological polar surface area (TPSA) is 108 Å². The van der Waals surface area contributed by atoms with Crippen LogP contribution in [-0.2, 0) is 4.79 Å². The molecule has 3 aromatic rings. The molecule has 0 fully saturated rings. The highest BCUT2D eigenvalue weighted by molar-refractivity contribution is 6.32. The van der Waals surface area contributed by atoms with E-state index in [9.17, 15) is 19.5 Å². The van der Waals surface area contributed by atoms with Gasteiger partial charge in [0.1, 0.15) is 5.56 Å². The number of benzene rings is 2. The van der Waals surface area contributed by atoms with Crippen molar-refractivity contribution in [1.82, 2.24) is 9.55 Å². The number of carbonyl (C=O) groups is 1. The van der Waals surface area contributed by atoms with Gasteiger partial charge in [-0.05, 0) is 56.7 Å². The molecule has 2 N–H and O–H groups in total. The zero-order chi connectivity index (χ0) is 23.2. The van der Waals surface area contributed by atoms with E-state index in [1.54, 1.807) is 31.2 Å². The standard InChI is InChI=1S/C23H19ClN4O4/c1-12-7-8-19(13(2)9-12)28-22(31)17(14(3)26-28)11-18-20(29)25-23(32)27(21(18)30)16-6-4-5-15(24)10-16/h4-11,30H,1-3H3,(H,25,29,32)/b17-11-. The fourth-order valence-electron chi connectivity index (χ4n) is 3.56. The van der Waals surface area contributed by atoms with Crippen molar-refractivity contribution in [2.45, 2.75) is 20.8 Å². The Morgan fingerprint density at radius 2 is 1.81 bits per heavy atom. The summed E-state index contributed by atoms with van der Waals surface area (Å²) < 4.78 is 0.910. The van der Waals surface area contributed by atoms with Crippen LogP contribution in [0.25, 0.3) is 11.8 Å². The maximum Gasteiger partial charge on any atom is 0.335 e. The number of anilines is 1. The third-order valence-electron chi connectivity index (χ3n) is 5.12. The summed E-state index contributed by atoms with van der Waals surface area (Å²) in [6.07, 6.45) is 1.24. The smallest absolute Gasteiger partial charge is 0.335 e. The number of rotatable bonds is 3. The van der Waals surface area contributed by atoms with Gasteiger partial charge in [0.2, 0.25) is 5.88 Å². The van der Waals surface area contributed by atoms with E-state index in [1.807, 2.05) is 26.0 Å². The van der Waals surface area contributed by atoms with Gasteiger partial charge in [-0.25, -0.2) is 9.36 Å². The minimum absolute atomic E-state index is 0.127. The van der Waals surface area contributed by atoms with E-state index in [0.29, 0.717) is 16.4 Å². The lowest BCUT2D eigenvalue weighted by Crippen LogP contribution is -2.30. The Bertz CT molecular complexity index is 1450. The third-order valence-corrected chi connectivity index (χ3v) is 5.35. The Balaban J connectivity index is 1.83. The lowest BCUT2D eigenvalue weighted by Gasteiger charge is -2.15. The molecule has 32 heavy (non-hydrogen) atoms. The SMILES string of the molecule is CC1=NN(c2ccc(C)cc2C)C(=O)/C1=C\c1c(O)n(-c2cccc(Cl)c2)c(=O)[nH]c1=O. The fourth-order valence-corrected chi connectivity index (χ4v) is 3.74. The normalized spacial score (nSPS) is 14.9. The van der Waals surface area contributed by atoms with Crippen molar-refractivity contribution in [3.63, 3.8) is 0 Å². The third kappa shape index (κ3) is 3.65. The van der Waals surface area contributed by atoms with Crippen LogP contribution in [-0.4, -0.2) is 26.3 Å². The number of nitrogens with zero attached hydrogens (tertiary/aromatic N) is 3. The molecule has 8 nitrogen and oxygen atoms in total. The summed E-state index contributed by atoms with van der Waals surface area (Å²) in [4.78, 5) is 40.1. The molecule has 0 aliphatic carbocycles. The number of hydrogen-bond donors (Lipinski definition) is 2. The van der Waals surface area contributed by atoms with E-state index < -0.39 is 23.0 Å². The maximum absolute atomic E-state index is 13.1. The predicted octanol–water partition coefficient (Wildman–Crippen LogP) is 3.31. The van der Waals surface area contributed by atoms with Crippen LogP contribution in [0.15, 0.2) is 62.7 Å². The fraction of sp³-hybridized carbons (Fsp3) is 0.130. The van der Waals surface area contributed by atoms with Crippen LogP contribution >= 0.6 is 11.6 Å². The summed E-state index contributed by atoms with van der Waals surface area (Å²) in [7, 11) is 0. The van der Waals surface area contributed by atoms with Crippen molar-refractivity contribution in [3.05, 3.63) is 90.6 Å². The first-order valence-corrected chi connectivity index (χ1v) is 10.1. The Labute approximate surface area is 187 Å². The Hall–Kier alpha value is -3.91. The van der Waals surface area contributed by atoms with Crippen LogP contribution in [0.5, 0.6) is 5.88 Å². The van der Waals surface area contributed by atoms with E-state index in [0.717, 1.165) is 15.7 Å². The molecule has 2 aromatic carbocycles. The lowest BCUT2D eigenvalue weighted by atomic mass is 10.1. The number of carbonyl (C=O) groups excluding carboxylic acids is 1. The van der Waals surface area contributed by atoms with E-state index in [2.05, 4.69) is 10.1 Å². The highest BCUT2D eigenvalue weighted by Crippen LogP contribution is 2.29. The molecular formula is C23H19ClN4O4. The zero-order valence-corrected chi connectivity index (χ0v) is 18.3. The number of aromatic amines is 1. The van der Waals surface area contributed by atoms with Crippen molar-refractivity contribution in [2.75, 3.05) is 5.01 Å². The molecule has 162 valence electrons. The van der Waals surface area contributed by atoms with Gasteiger partial charge in [-0.2, -0.15) is 10.1 Å². The monoisotopic (exact) mass is 450 g/mol. The van der Waals surface area contributed by atoms with Gasteiger partial charge in [-0.15, -0.1) is 0 Å². The zero-order valence-electron chi connectivity index (χ0n) is 17.5. The summed E-state index contributed by atoms with van der Waals surface area (Å²) in [6, 6.07) is 11.8. The van der Waals surface area contributed by atoms with Gasteiger partial charge in [0, 0.05) is 5.02 Å². The molecule has 1 amide bonds. The largest absolute Gasteiger partial charge is 0.494 e. The van der Waals surface area contributed by atoms with Gasteiger partial charge in [-0.1, -0.05) is 35.4 Å². The van der Waals surface area contributed by atoms with Gasteiger partial charge in [0.05, 0.1) is 22.7 Å². The summed E-state index contributed by atoms with van der Waals surface area (Å²) in [6.45, 7) is 5.46. The molecule has 4 rings (SSSR count). The highest BCUT2D eigenvalue weighted by atomic mass is 35.5. The first kappa shape index (κ1) is 21.3. The number of aromatic nitrogens is 2. The number of aromatic hydroxyl groups is 1. The average molecular weight is 451 g/mol. The molecule has 1 aliphatic heterocycles. The van der Waals surface area contributed by atoms with Crippen molar-refractivity contribution in [2.24, 2.45) is 5.10 Å². The average Bonchev–Trinajstić information content (AvgIpc) is 2.98. The maximum atomic E-state index is 13.1. The van der Waals surface area contributed by atoms with Crippen molar-refractivity contribution >= 4 is 35.0 Å². The Kier molecular flexibility index (Phi) is 5.31. The first-order valence-electron chi connectivity index (χ1n) is 9.70. The number of hydrogen-bond acceptors (Lipinski definition) is 5. The van der Waals surface area contributed by atoms with Crippen molar-refractivity contribution < 1.29 is 9.90 Å². The van der Waals surface area contributed by atoms with Gasteiger partial charge in [0.15, 0.2) is 0 Å². The predicted molar refractivity (Wildman–Crippen MR) is 124 cm³/mol. The highest BCUT2D eigenvalue weighted by Gasteiger charge is 2.30. The number of nitrogens with one attached hydrogen (secondary N) is 1. The molecule has 0 saturated carbocycles. The summed E-state index contributed by atoms with van der Waals surface area (Å²) >= 11 is 6.00. The molecule has 0 atom stereocenters. The van der Waals surface area contributed by atoms with Gasteiger partial charge in [0.25, 0.3) is 11.5 Å². The molecule has 0 saturated heterocycles. The Morgan fingerprint density at radius 3 is 2.50 bits per heavy atom. The molecule has 1 aliphatic rings. The molecule has 9 heteroatoms. The van der Waals surface area contributed by atoms with Gasteiger partial charge < -0.3 is 5.11 Å². The minimum atomic E-state index is -0.836. The first-order chi connectivity index (χ1) is 15.2. The van der Waals surface area contributed by atoms with Crippen LogP contribution in [0, 0.1) is 13.8 Å². The van der Waals surface area contributed by atoms with Crippen molar-refractivity contribution in [3.8, 4) is 11.6 Å². The molecule has 1 aromatic heterocycles. The number of amides is 1.